The van der Waals surface area contributed by atoms with Crippen molar-refractivity contribution >= 4 is 5.91 Å². The zero-order valence-corrected chi connectivity index (χ0v) is 9.41. The van der Waals surface area contributed by atoms with Crippen molar-refractivity contribution in [2.24, 2.45) is 0 Å². The normalized spacial score (nSPS) is 10.0. The standard InChI is InChI=1S/C10H11N5O2/c1-11-10(16)9-13-6-15(14-9)7-3-4-8(17-2)12-5-7/h3-6H,1-2H3,(H,11,16). The fourth-order valence-electron chi connectivity index (χ4n) is 1.23. The highest BCUT2D eigenvalue weighted by Crippen LogP contribution is 2.09. The van der Waals surface area contributed by atoms with E-state index in [1.165, 1.54) is 18.1 Å². The molecule has 2 aromatic rings. The van der Waals surface area contributed by atoms with Crippen molar-refractivity contribution in [3.63, 3.8) is 0 Å². The summed E-state index contributed by atoms with van der Waals surface area (Å²) >= 11 is 0. The van der Waals surface area contributed by atoms with Crippen molar-refractivity contribution in [1.82, 2.24) is 25.1 Å². The van der Waals surface area contributed by atoms with E-state index in [1.807, 2.05) is 0 Å². The van der Waals surface area contributed by atoms with Crippen LogP contribution in [0.15, 0.2) is 24.7 Å². The van der Waals surface area contributed by atoms with E-state index in [0.717, 1.165) is 0 Å². The summed E-state index contributed by atoms with van der Waals surface area (Å²) in [4.78, 5) is 19.2. The van der Waals surface area contributed by atoms with Crippen LogP contribution in [0.2, 0.25) is 0 Å². The maximum atomic E-state index is 11.3. The number of carbonyl (C=O) groups excluding carboxylic acids is 1. The summed E-state index contributed by atoms with van der Waals surface area (Å²) in [6.45, 7) is 0. The number of carbonyl (C=O) groups is 1. The van der Waals surface area contributed by atoms with Gasteiger partial charge in [-0.1, -0.05) is 0 Å². The first-order valence-corrected chi connectivity index (χ1v) is 4.88. The summed E-state index contributed by atoms with van der Waals surface area (Å²) in [5.74, 6) is 0.300. The van der Waals surface area contributed by atoms with E-state index in [9.17, 15) is 4.79 Å². The molecule has 2 rings (SSSR count). The number of nitrogens with zero attached hydrogens (tertiary/aromatic N) is 4. The SMILES string of the molecule is CNC(=O)c1ncn(-c2ccc(OC)nc2)n1. The van der Waals surface area contributed by atoms with Crippen LogP contribution in [0.3, 0.4) is 0 Å². The molecule has 0 atom stereocenters. The Labute approximate surface area is 97.5 Å². The lowest BCUT2D eigenvalue weighted by molar-refractivity contribution is 0.0953. The average molecular weight is 233 g/mol. The van der Waals surface area contributed by atoms with Gasteiger partial charge in [-0.2, -0.15) is 0 Å². The minimum Gasteiger partial charge on any atom is -0.481 e. The molecule has 7 heteroatoms. The molecule has 7 nitrogen and oxygen atoms in total. The second-order valence-corrected chi connectivity index (χ2v) is 3.15. The van der Waals surface area contributed by atoms with Gasteiger partial charge in [0.15, 0.2) is 0 Å². The molecule has 0 saturated heterocycles. The Bertz CT molecular complexity index is 520. The van der Waals surface area contributed by atoms with Crippen molar-refractivity contribution in [3.05, 3.63) is 30.5 Å². The Morgan fingerprint density at radius 2 is 2.24 bits per heavy atom. The van der Waals surface area contributed by atoms with Gasteiger partial charge in [0.05, 0.1) is 19.0 Å². The molecule has 0 aliphatic carbocycles. The molecule has 88 valence electrons. The summed E-state index contributed by atoms with van der Waals surface area (Å²) in [7, 11) is 3.07. The van der Waals surface area contributed by atoms with Gasteiger partial charge in [0.1, 0.15) is 6.33 Å². The van der Waals surface area contributed by atoms with Crippen LogP contribution < -0.4 is 10.1 Å². The lowest BCUT2D eigenvalue weighted by Crippen LogP contribution is -2.19. The molecule has 2 aromatic heterocycles. The van der Waals surface area contributed by atoms with Crippen LogP contribution in [0.1, 0.15) is 10.6 Å². The van der Waals surface area contributed by atoms with E-state index < -0.39 is 0 Å². The molecule has 0 aromatic carbocycles. The summed E-state index contributed by atoms with van der Waals surface area (Å²) < 4.78 is 6.41. The third-order valence-electron chi connectivity index (χ3n) is 2.12. The number of nitrogens with one attached hydrogen (secondary N) is 1. The summed E-state index contributed by atoms with van der Waals surface area (Å²) in [5.41, 5.74) is 0.702. The van der Waals surface area contributed by atoms with E-state index >= 15 is 0 Å². The van der Waals surface area contributed by atoms with Crippen molar-refractivity contribution < 1.29 is 9.53 Å². The number of methoxy groups -OCH3 is 1. The summed E-state index contributed by atoms with van der Waals surface area (Å²) in [6.07, 6.45) is 3.04. The number of amides is 1. The molecule has 0 bridgehead atoms. The highest BCUT2D eigenvalue weighted by atomic mass is 16.5. The smallest absolute Gasteiger partial charge is 0.290 e. The molecule has 1 amide bonds. The highest BCUT2D eigenvalue weighted by Gasteiger charge is 2.09. The number of rotatable bonds is 3. The molecule has 0 saturated carbocycles. The van der Waals surface area contributed by atoms with Gasteiger partial charge in [0.2, 0.25) is 11.7 Å². The van der Waals surface area contributed by atoms with E-state index in [4.69, 9.17) is 4.74 Å². The van der Waals surface area contributed by atoms with E-state index in [-0.39, 0.29) is 11.7 Å². The van der Waals surface area contributed by atoms with Crippen LogP contribution in [0, 0.1) is 0 Å². The number of aromatic nitrogens is 4. The fraction of sp³-hybridized carbons (Fsp3) is 0.200. The first-order valence-electron chi connectivity index (χ1n) is 4.88. The molecule has 0 fully saturated rings. The zero-order valence-electron chi connectivity index (χ0n) is 9.41. The molecular weight excluding hydrogens is 222 g/mol. The predicted molar refractivity (Wildman–Crippen MR) is 59.1 cm³/mol. The van der Waals surface area contributed by atoms with Crippen LogP contribution >= 0.6 is 0 Å². The summed E-state index contributed by atoms with van der Waals surface area (Å²) in [5, 5.41) is 6.47. The van der Waals surface area contributed by atoms with Gasteiger partial charge in [0, 0.05) is 13.1 Å². The number of ether oxygens (including phenoxy) is 1. The minimum atomic E-state index is -0.328. The maximum absolute atomic E-state index is 11.3. The molecule has 1 N–H and O–H groups in total. The van der Waals surface area contributed by atoms with Crippen molar-refractivity contribution in [3.8, 4) is 11.6 Å². The van der Waals surface area contributed by atoms with Crippen molar-refractivity contribution in [2.45, 2.75) is 0 Å². The first kappa shape index (κ1) is 11.1. The van der Waals surface area contributed by atoms with Crippen molar-refractivity contribution in [1.29, 1.82) is 0 Å². The topological polar surface area (TPSA) is 81.9 Å². The van der Waals surface area contributed by atoms with Gasteiger partial charge in [-0.05, 0) is 6.07 Å². The minimum absolute atomic E-state index is 0.114. The first-order chi connectivity index (χ1) is 8.24. The molecule has 0 unspecified atom stereocenters. The number of hydrogen-bond acceptors (Lipinski definition) is 5. The van der Waals surface area contributed by atoms with E-state index in [1.54, 1.807) is 25.4 Å². The fourth-order valence-corrected chi connectivity index (χ4v) is 1.23. The van der Waals surface area contributed by atoms with Crippen LogP contribution in [0.5, 0.6) is 5.88 Å². The van der Waals surface area contributed by atoms with Gasteiger partial charge in [-0.25, -0.2) is 14.6 Å². The Morgan fingerprint density at radius 3 is 2.82 bits per heavy atom. The largest absolute Gasteiger partial charge is 0.481 e. The second kappa shape index (κ2) is 4.60. The lowest BCUT2D eigenvalue weighted by atomic mass is 10.4. The highest BCUT2D eigenvalue weighted by molar-refractivity contribution is 5.89. The third kappa shape index (κ3) is 2.22. The average Bonchev–Trinajstić information content (AvgIpc) is 2.87. The predicted octanol–water partition coefficient (Wildman–Crippen LogP) is 0.0305. The van der Waals surface area contributed by atoms with Crippen LogP contribution in [-0.4, -0.2) is 39.8 Å². The van der Waals surface area contributed by atoms with Crippen LogP contribution in [0.4, 0.5) is 0 Å². The quantitative estimate of drug-likeness (QED) is 0.808. The Morgan fingerprint density at radius 1 is 1.41 bits per heavy atom. The molecular formula is C10H11N5O2. The van der Waals surface area contributed by atoms with Gasteiger partial charge in [-0.3, -0.25) is 4.79 Å². The van der Waals surface area contributed by atoms with Crippen molar-refractivity contribution in [2.75, 3.05) is 14.2 Å². The lowest BCUT2D eigenvalue weighted by Gasteiger charge is -2.01. The Hall–Kier alpha value is -2.44. The van der Waals surface area contributed by atoms with E-state index in [2.05, 4.69) is 20.4 Å². The van der Waals surface area contributed by atoms with Gasteiger partial charge >= 0.3 is 0 Å². The number of hydrogen-bond donors (Lipinski definition) is 1. The monoisotopic (exact) mass is 233 g/mol. The van der Waals surface area contributed by atoms with Crippen LogP contribution in [-0.2, 0) is 0 Å². The Balaban J connectivity index is 2.27. The van der Waals surface area contributed by atoms with E-state index in [0.29, 0.717) is 11.6 Å². The molecule has 0 spiro atoms. The summed E-state index contributed by atoms with van der Waals surface area (Å²) in [6, 6.07) is 3.48. The molecule has 0 radical (unpaired) electrons. The molecule has 0 aliphatic rings. The van der Waals surface area contributed by atoms with Gasteiger partial charge < -0.3 is 10.1 Å². The van der Waals surface area contributed by atoms with Crippen LogP contribution in [0.25, 0.3) is 5.69 Å². The van der Waals surface area contributed by atoms with Gasteiger partial charge in [-0.15, -0.1) is 5.10 Å². The zero-order chi connectivity index (χ0) is 12.3. The van der Waals surface area contributed by atoms with Gasteiger partial charge in [0.25, 0.3) is 5.91 Å². The number of pyridine rings is 1. The second-order valence-electron chi connectivity index (χ2n) is 3.15. The molecule has 0 aliphatic heterocycles. The Kier molecular flexibility index (Phi) is 2.99. The molecule has 17 heavy (non-hydrogen) atoms. The molecule has 2 heterocycles. The third-order valence-corrected chi connectivity index (χ3v) is 2.12. The maximum Gasteiger partial charge on any atom is 0.290 e.